The van der Waals surface area contributed by atoms with Gasteiger partial charge in [-0.1, -0.05) is 32.9 Å². The van der Waals surface area contributed by atoms with Gasteiger partial charge in [-0.2, -0.15) is 0 Å². The summed E-state index contributed by atoms with van der Waals surface area (Å²) >= 11 is 0. The summed E-state index contributed by atoms with van der Waals surface area (Å²) in [6.45, 7) is 6.18. The SMILES string of the molecule is CC(C)(C)c1ccc(OP(=O)(O)O)cc1.[H-].[H-].[H-].[Li+].[Li+].[Li+]. The molecule has 0 amide bonds. The van der Waals surface area contributed by atoms with Gasteiger partial charge in [-0.05, 0) is 23.1 Å². The molecule has 1 aromatic rings. The van der Waals surface area contributed by atoms with Crippen molar-refractivity contribution in [1.82, 2.24) is 0 Å². The second-order valence-electron chi connectivity index (χ2n) is 4.36. The van der Waals surface area contributed by atoms with Crippen LogP contribution in [0.2, 0.25) is 0 Å². The van der Waals surface area contributed by atoms with E-state index in [1.54, 1.807) is 24.3 Å². The Morgan fingerprint density at radius 1 is 1.06 bits per heavy atom. The van der Waals surface area contributed by atoms with Crippen LogP contribution < -0.4 is 61.1 Å². The van der Waals surface area contributed by atoms with Crippen LogP contribution in [0.1, 0.15) is 30.6 Å². The number of hydrogen-bond donors (Lipinski definition) is 2. The molecule has 0 unspecified atom stereocenters. The normalized spacial score (nSPS) is 10.5. The molecule has 0 bridgehead atoms. The number of benzene rings is 1. The van der Waals surface area contributed by atoms with Crippen molar-refractivity contribution in [2.75, 3.05) is 0 Å². The molecule has 1 aromatic carbocycles. The third kappa shape index (κ3) is 8.96. The fourth-order valence-corrected chi connectivity index (χ4v) is 1.55. The molecule has 1 rings (SSSR count). The van der Waals surface area contributed by atoms with Crippen LogP contribution in [0, 0.1) is 0 Å². The number of rotatable bonds is 2. The molecule has 0 heterocycles. The standard InChI is InChI=1S/C10H15O4P.3Li.3H/c1-10(2,3)8-4-6-9(7-5-8)14-15(11,12)13;;;;;;/h4-7H,1-3H3,(H2,11,12,13);;;;;;/q;3*+1;3*-1. The molecule has 90 valence electrons. The van der Waals surface area contributed by atoms with Crippen molar-refractivity contribution >= 4 is 7.82 Å². The topological polar surface area (TPSA) is 66.8 Å². The average Bonchev–Trinajstić information content (AvgIpc) is 2.00. The summed E-state index contributed by atoms with van der Waals surface area (Å²) in [5, 5.41) is 0. The van der Waals surface area contributed by atoms with Gasteiger partial charge in [0.15, 0.2) is 0 Å². The van der Waals surface area contributed by atoms with Crippen LogP contribution in [0.4, 0.5) is 0 Å². The molecule has 0 aliphatic carbocycles. The fraction of sp³-hybridized carbons (Fsp3) is 0.400. The smallest absolute Gasteiger partial charge is 1.00 e. The van der Waals surface area contributed by atoms with Gasteiger partial charge in [0.25, 0.3) is 0 Å². The van der Waals surface area contributed by atoms with E-state index in [0.717, 1.165) is 5.56 Å². The summed E-state index contributed by atoms with van der Waals surface area (Å²) in [7, 11) is -4.44. The monoisotopic (exact) mass is 254 g/mol. The number of phosphoric ester groups is 1. The molecule has 0 radical (unpaired) electrons. The maximum absolute atomic E-state index is 10.6. The predicted octanol–water partition coefficient (Wildman–Crippen LogP) is -6.19. The molecular formula is C10H18Li3O4P. The summed E-state index contributed by atoms with van der Waals surface area (Å²) in [6.07, 6.45) is 0. The predicted molar refractivity (Wildman–Crippen MR) is 61.2 cm³/mol. The zero-order valence-electron chi connectivity index (χ0n) is 15.0. The molecule has 0 aromatic heterocycles. The quantitative estimate of drug-likeness (QED) is 0.407. The Kier molecular flexibility index (Phi) is 12.0. The molecule has 0 aliphatic heterocycles. The largest absolute Gasteiger partial charge is 1.00 e. The Bertz CT molecular complexity index is 396. The minimum absolute atomic E-state index is 0. The Morgan fingerprint density at radius 3 is 1.72 bits per heavy atom. The minimum atomic E-state index is -4.44. The van der Waals surface area contributed by atoms with Gasteiger partial charge in [-0.3, -0.25) is 9.79 Å². The van der Waals surface area contributed by atoms with Gasteiger partial charge < -0.3 is 8.80 Å². The first-order valence-electron chi connectivity index (χ1n) is 4.54. The van der Waals surface area contributed by atoms with E-state index in [9.17, 15) is 4.57 Å². The van der Waals surface area contributed by atoms with Crippen LogP contribution in [0.3, 0.4) is 0 Å². The number of phosphoric acid groups is 1. The summed E-state index contributed by atoms with van der Waals surface area (Å²) < 4.78 is 15.0. The van der Waals surface area contributed by atoms with Gasteiger partial charge in [0.05, 0.1) is 0 Å². The Morgan fingerprint density at radius 2 is 1.44 bits per heavy atom. The molecule has 4 nitrogen and oxygen atoms in total. The zero-order chi connectivity index (χ0) is 11.7. The molecular weight excluding hydrogens is 236 g/mol. The van der Waals surface area contributed by atoms with E-state index in [0.29, 0.717) is 0 Å². The first-order valence-corrected chi connectivity index (χ1v) is 6.07. The molecule has 0 saturated carbocycles. The Labute approximate surface area is 148 Å². The first-order chi connectivity index (χ1) is 6.68. The molecule has 0 fully saturated rings. The van der Waals surface area contributed by atoms with Crippen LogP contribution in [0.15, 0.2) is 24.3 Å². The van der Waals surface area contributed by atoms with Gasteiger partial charge >= 0.3 is 64.4 Å². The summed E-state index contributed by atoms with van der Waals surface area (Å²) in [5.41, 5.74) is 1.10. The second kappa shape index (κ2) is 9.00. The van der Waals surface area contributed by atoms with Gasteiger partial charge in [0.1, 0.15) is 5.75 Å². The van der Waals surface area contributed by atoms with E-state index in [2.05, 4.69) is 25.3 Å². The van der Waals surface area contributed by atoms with Crippen molar-refractivity contribution < 1.29 is 79.7 Å². The maximum Gasteiger partial charge on any atom is 1.00 e. The van der Waals surface area contributed by atoms with Crippen molar-refractivity contribution in [2.24, 2.45) is 0 Å². The Balaban J connectivity index is -0.0000000937. The van der Waals surface area contributed by atoms with E-state index in [1.165, 1.54) is 0 Å². The molecule has 0 aliphatic rings. The zero-order valence-corrected chi connectivity index (χ0v) is 12.9. The van der Waals surface area contributed by atoms with Crippen LogP contribution in [-0.4, -0.2) is 9.79 Å². The van der Waals surface area contributed by atoms with E-state index in [1.807, 2.05) is 0 Å². The average molecular weight is 254 g/mol. The fourth-order valence-electron chi connectivity index (χ4n) is 1.15. The molecule has 0 atom stereocenters. The van der Waals surface area contributed by atoms with Crippen molar-refractivity contribution in [2.45, 2.75) is 26.2 Å². The first kappa shape index (κ1) is 24.0. The van der Waals surface area contributed by atoms with E-state index in [-0.39, 0.29) is 72.0 Å². The Hall–Kier alpha value is 0.962. The van der Waals surface area contributed by atoms with Crippen molar-refractivity contribution in [3.63, 3.8) is 0 Å². The summed E-state index contributed by atoms with van der Waals surface area (Å²) in [5.74, 6) is 0.177. The van der Waals surface area contributed by atoms with Crippen LogP contribution in [-0.2, 0) is 9.98 Å². The third-order valence-electron chi connectivity index (χ3n) is 1.94. The second-order valence-corrected chi connectivity index (χ2v) is 5.52. The third-order valence-corrected chi connectivity index (χ3v) is 2.39. The summed E-state index contributed by atoms with van der Waals surface area (Å²) in [4.78, 5) is 17.2. The van der Waals surface area contributed by atoms with E-state index in [4.69, 9.17) is 9.79 Å². The van der Waals surface area contributed by atoms with E-state index >= 15 is 0 Å². The molecule has 8 heteroatoms. The van der Waals surface area contributed by atoms with E-state index < -0.39 is 7.82 Å². The molecule has 0 saturated heterocycles. The minimum Gasteiger partial charge on any atom is -1.00 e. The van der Waals surface area contributed by atoms with Gasteiger partial charge in [-0.15, -0.1) is 0 Å². The van der Waals surface area contributed by atoms with Crippen LogP contribution >= 0.6 is 7.82 Å². The van der Waals surface area contributed by atoms with Crippen molar-refractivity contribution in [1.29, 1.82) is 0 Å². The van der Waals surface area contributed by atoms with Crippen molar-refractivity contribution in [3.05, 3.63) is 29.8 Å². The van der Waals surface area contributed by atoms with Crippen LogP contribution in [0.25, 0.3) is 0 Å². The van der Waals surface area contributed by atoms with Gasteiger partial charge in [0, 0.05) is 0 Å². The van der Waals surface area contributed by atoms with Crippen molar-refractivity contribution in [3.8, 4) is 5.75 Å². The maximum atomic E-state index is 10.6. The van der Waals surface area contributed by atoms with Crippen LogP contribution in [0.5, 0.6) is 5.75 Å². The summed E-state index contributed by atoms with van der Waals surface area (Å²) in [6, 6.07) is 6.70. The van der Waals surface area contributed by atoms with Gasteiger partial charge in [0.2, 0.25) is 0 Å². The number of hydrogen-bond acceptors (Lipinski definition) is 2. The van der Waals surface area contributed by atoms with Gasteiger partial charge in [-0.25, -0.2) is 4.57 Å². The molecule has 0 spiro atoms. The molecule has 18 heavy (non-hydrogen) atoms. The molecule has 2 N–H and O–H groups in total.